The van der Waals surface area contributed by atoms with E-state index in [-0.39, 0.29) is 18.2 Å². The Morgan fingerprint density at radius 1 is 1.62 bits per heavy atom. The van der Waals surface area contributed by atoms with Crippen LogP contribution in [-0.2, 0) is 19.0 Å². The van der Waals surface area contributed by atoms with Gasteiger partial charge >= 0.3 is 5.97 Å². The first-order valence-corrected chi connectivity index (χ1v) is 4.21. The summed E-state index contributed by atoms with van der Waals surface area (Å²) in [5.41, 5.74) is 0. The number of hydrogen-bond donors (Lipinski definition) is 0. The molecule has 0 saturated carbocycles. The molecule has 0 N–H and O–H groups in total. The Morgan fingerprint density at radius 2 is 2.31 bits per heavy atom. The molecular formula is C9H14O4. The first-order valence-electron chi connectivity index (χ1n) is 4.21. The van der Waals surface area contributed by atoms with E-state index in [0.717, 1.165) is 0 Å². The molecule has 0 unspecified atom stereocenters. The van der Waals surface area contributed by atoms with Gasteiger partial charge in [0.1, 0.15) is 6.10 Å². The van der Waals surface area contributed by atoms with Crippen LogP contribution in [0.2, 0.25) is 0 Å². The highest BCUT2D eigenvalue weighted by Crippen LogP contribution is 2.13. The minimum atomic E-state index is -0.303. The van der Waals surface area contributed by atoms with Crippen molar-refractivity contribution in [1.82, 2.24) is 0 Å². The molecule has 1 rings (SSSR count). The standard InChI is InChI=1S/C9H14O4/c1-3-4-12-8-5-11-6-9(8)13-7(2)10/h3,8-9H,1,4-6H2,2H3/t8-,9-/m1/s1. The molecule has 1 aliphatic rings. The molecule has 0 aromatic rings. The molecule has 0 spiro atoms. The van der Waals surface area contributed by atoms with Crippen molar-refractivity contribution in [3.63, 3.8) is 0 Å². The van der Waals surface area contributed by atoms with Crippen molar-refractivity contribution < 1.29 is 19.0 Å². The van der Waals surface area contributed by atoms with Crippen LogP contribution in [-0.4, -0.2) is 38.0 Å². The summed E-state index contributed by atoms with van der Waals surface area (Å²) in [5.74, 6) is -0.303. The Bertz CT molecular complexity index is 190. The summed E-state index contributed by atoms with van der Waals surface area (Å²) in [6, 6.07) is 0. The maximum Gasteiger partial charge on any atom is 0.303 e. The fraction of sp³-hybridized carbons (Fsp3) is 0.667. The number of ether oxygens (including phenoxy) is 3. The molecule has 13 heavy (non-hydrogen) atoms. The van der Waals surface area contributed by atoms with E-state index >= 15 is 0 Å². The van der Waals surface area contributed by atoms with Gasteiger partial charge < -0.3 is 14.2 Å². The maximum absolute atomic E-state index is 10.7. The Morgan fingerprint density at radius 3 is 2.92 bits per heavy atom. The van der Waals surface area contributed by atoms with Crippen LogP contribution in [0.5, 0.6) is 0 Å². The predicted molar refractivity (Wildman–Crippen MR) is 46.3 cm³/mol. The van der Waals surface area contributed by atoms with Crippen LogP contribution in [0.4, 0.5) is 0 Å². The largest absolute Gasteiger partial charge is 0.457 e. The highest BCUT2D eigenvalue weighted by Gasteiger charge is 2.31. The Kier molecular flexibility index (Phi) is 3.92. The lowest BCUT2D eigenvalue weighted by Gasteiger charge is -2.16. The summed E-state index contributed by atoms with van der Waals surface area (Å²) in [5, 5.41) is 0. The quantitative estimate of drug-likeness (QED) is 0.474. The normalized spacial score (nSPS) is 27.2. The van der Waals surface area contributed by atoms with E-state index in [1.165, 1.54) is 6.92 Å². The average molecular weight is 186 g/mol. The fourth-order valence-corrected chi connectivity index (χ4v) is 1.19. The fourth-order valence-electron chi connectivity index (χ4n) is 1.19. The second-order valence-corrected chi connectivity index (χ2v) is 2.85. The third-order valence-electron chi connectivity index (χ3n) is 1.72. The summed E-state index contributed by atoms with van der Waals surface area (Å²) in [6.45, 7) is 6.26. The molecule has 1 heterocycles. The van der Waals surface area contributed by atoms with Gasteiger partial charge in [0.25, 0.3) is 0 Å². The molecule has 0 aromatic heterocycles. The van der Waals surface area contributed by atoms with Gasteiger partial charge in [-0.3, -0.25) is 4.79 Å². The Balaban J connectivity index is 2.34. The molecule has 0 aliphatic carbocycles. The van der Waals surface area contributed by atoms with Crippen LogP contribution in [0.25, 0.3) is 0 Å². The smallest absolute Gasteiger partial charge is 0.303 e. The third kappa shape index (κ3) is 3.16. The summed E-state index contributed by atoms with van der Waals surface area (Å²) in [4.78, 5) is 10.7. The second kappa shape index (κ2) is 4.99. The molecule has 0 amide bonds. The van der Waals surface area contributed by atoms with Crippen molar-refractivity contribution in [3.05, 3.63) is 12.7 Å². The van der Waals surface area contributed by atoms with Gasteiger partial charge in [-0.25, -0.2) is 0 Å². The molecule has 2 atom stereocenters. The topological polar surface area (TPSA) is 44.8 Å². The van der Waals surface area contributed by atoms with E-state index in [1.54, 1.807) is 6.08 Å². The van der Waals surface area contributed by atoms with Crippen LogP contribution < -0.4 is 0 Å². The third-order valence-corrected chi connectivity index (χ3v) is 1.72. The molecular weight excluding hydrogens is 172 g/mol. The van der Waals surface area contributed by atoms with Gasteiger partial charge in [-0.15, -0.1) is 6.58 Å². The van der Waals surface area contributed by atoms with Crippen molar-refractivity contribution in [2.24, 2.45) is 0 Å². The molecule has 0 bridgehead atoms. The van der Waals surface area contributed by atoms with Crippen molar-refractivity contribution in [2.75, 3.05) is 19.8 Å². The first-order chi connectivity index (χ1) is 6.24. The lowest BCUT2D eigenvalue weighted by Crippen LogP contribution is -2.31. The van der Waals surface area contributed by atoms with E-state index in [2.05, 4.69) is 6.58 Å². The molecule has 0 aromatic carbocycles. The average Bonchev–Trinajstić information content (AvgIpc) is 2.48. The van der Waals surface area contributed by atoms with Crippen LogP contribution in [0.1, 0.15) is 6.92 Å². The SMILES string of the molecule is C=CCO[C@@H]1COC[C@H]1OC(C)=O. The monoisotopic (exact) mass is 186 g/mol. The highest BCUT2D eigenvalue weighted by atomic mass is 16.6. The minimum Gasteiger partial charge on any atom is -0.457 e. The van der Waals surface area contributed by atoms with E-state index < -0.39 is 0 Å². The molecule has 4 heteroatoms. The van der Waals surface area contributed by atoms with Crippen LogP contribution in [0, 0.1) is 0 Å². The summed E-state index contributed by atoms with van der Waals surface area (Å²) >= 11 is 0. The Labute approximate surface area is 77.5 Å². The first kappa shape index (κ1) is 10.2. The van der Waals surface area contributed by atoms with Gasteiger partial charge in [-0.05, 0) is 0 Å². The van der Waals surface area contributed by atoms with Gasteiger partial charge in [-0.2, -0.15) is 0 Å². The lowest BCUT2D eigenvalue weighted by molar-refractivity contribution is -0.151. The molecule has 4 nitrogen and oxygen atoms in total. The number of carbonyl (C=O) groups excluding carboxylic acids is 1. The van der Waals surface area contributed by atoms with E-state index in [9.17, 15) is 4.79 Å². The van der Waals surface area contributed by atoms with Crippen LogP contribution >= 0.6 is 0 Å². The number of rotatable bonds is 4. The molecule has 1 aliphatic heterocycles. The number of esters is 1. The predicted octanol–water partition coefficient (Wildman–Crippen LogP) is 0.519. The van der Waals surface area contributed by atoms with E-state index in [0.29, 0.717) is 19.8 Å². The number of hydrogen-bond acceptors (Lipinski definition) is 4. The zero-order valence-electron chi connectivity index (χ0n) is 7.69. The van der Waals surface area contributed by atoms with Gasteiger partial charge in [0.15, 0.2) is 6.10 Å². The second-order valence-electron chi connectivity index (χ2n) is 2.85. The zero-order valence-corrected chi connectivity index (χ0v) is 7.69. The molecule has 1 saturated heterocycles. The van der Waals surface area contributed by atoms with Crippen molar-refractivity contribution in [2.45, 2.75) is 19.1 Å². The van der Waals surface area contributed by atoms with E-state index in [4.69, 9.17) is 14.2 Å². The van der Waals surface area contributed by atoms with Gasteiger partial charge in [0.05, 0.1) is 19.8 Å². The lowest BCUT2D eigenvalue weighted by atomic mass is 10.2. The van der Waals surface area contributed by atoms with Crippen molar-refractivity contribution in [3.8, 4) is 0 Å². The van der Waals surface area contributed by atoms with Gasteiger partial charge in [-0.1, -0.05) is 6.08 Å². The van der Waals surface area contributed by atoms with Gasteiger partial charge in [0, 0.05) is 6.92 Å². The van der Waals surface area contributed by atoms with E-state index in [1.807, 2.05) is 0 Å². The summed E-state index contributed by atoms with van der Waals surface area (Å²) < 4.78 is 15.5. The minimum absolute atomic E-state index is 0.151. The zero-order chi connectivity index (χ0) is 9.68. The summed E-state index contributed by atoms with van der Waals surface area (Å²) in [7, 11) is 0. The van der Waals surface area contributed by atoms with Crippen molar-refractivity contribution >= 4 is 5.97 Å². The maximum atomic E-state index is 10.7. The molecule has 0 radical (unpaired) electrons. The van der Waals surface area contributed by atoms with Crippen LogP contribution in [0.15, 0.2) is 12.7 Å². The van der Waals surface area contributed by atoms with Crippen molar-refractivity contribution in [1.29, 1.82) is 0 Å². The number of carbonyl (C=O) groups is 1. The van der Waals surface area contributed by atoms with Crippen LogP contribution in [0.3, 0.4) is 0 Å². The molecule has 74 valence electrons. The van der Waals surface area contributed by atoms with Gasteiger partial charge in [0.2, 0.25) is 0 Å². The Hall–Kier alpha value is -0.870. The highest BCUT2D eigenvalue weighted by molar-refractivity contribution is 5.66. The molecule has 1 fully saturated rings. The summed E-state index contributed by atoms with van der Waals surface area (Å²) in [6.07, 6.45) is 1.24.